The highest BCUT2D eigenvalue weighted by atomic mass is 35.5. The third-order valence-electron chi connectivity index (χ3n) is 2.62. The number of hydrogen-bond donors (Lipinski definition) is 0. The van der Waals surface area contributed by atoms with Gasteiger partial charge in [0.05, 0.1) is 15.5 Å². The average Bonchev–Trinajstić information content (AvgIpc) is 2.29. The quantitative estimate of drug-likeness (QED) is 0.624. The van der Waals surface area contributed by atoms with Crippen LogP contribution in [-0.4, -0.2) is 28.3 Å². The van der Waals surface area contributed by atoms with Gasteiger partial charge in [-0.2, -0.15) is 0 Å². The van der Waals surface area contributed by atoms with Gasteiger partial charge in [0.2, 0.25) is 0 Å². The number of rotatable bonds is 4. The first-order valence-corrected chi connectivity index (χ1v) is 6.01. The van der Waals surface area contributed by atoms with Crippen molar-refractivity contribution in [3.63, 3.8) is 0 Å². The molecule has 1 amide bonds. The van der Waals surface area contributed by atoms with Crippen LogP contribution in [0.5, 0.6) is 0 Å². The molecule has 0 saturated heterocycles. The molecule has 0 heterocycles. The maximum atomic E-state index is 12.2. The summed E-state index contributed by atoms with van der Waals surface area (Å²) in [5, 5.41) is 10.9. The zero-order chi connectivity index (χ0) is 13.9. The van der Waals surface area contributed by atoms with Gasteiger partial charge in [-0.15, -0.1) is 0 Å². The molecule has 0 aromatic heterocycles. The van der Waals surface area contributed by atoms with Crippen LogP contribution in [0, 0.1) is 10.1 Å². The molecule has 0 N–H and O–H groups in total. The van der Waals surface area contributed by atoms with Gasteiger partial charge in [0.15, 0.2) is 0 Å². The van der Waals surface area contributed by atoms with Crippen molar-refractivity contribution in [3.05, 3.63) is 38.9 Å². The Balaban J connectivity index is 3.19. The molecule has 0 radical (unpaired) electrons. The number of nitro groups is 1. The van der Waals surface area contributed by atoms with Crippen LogP contribution in [0.15, 0.2) is 18.2 Å². The van der Waals surface area contributed by atoms with E-state index in [0.717, 1.165) is 0 Å². The molecular weight excluding hydrogens is 256 g/mol. The molecule has 1 aromatic carbocycles. The summed E-state index contributed by atoms with van der Waals surface area (Å²) in [6.07, 6.45) is 0. The average molecular weight is 271 g/mol. The highest BCUT2D eigenvalue weighted by Gasteiger charge is 2.21. The van der Waals surface area contributed by atoms with Gasteiger partial charge >= 0.3 is 0 Å². The van der Waals surface area contributed by atoms with Crippen LogP contribution in [0.4, 0.5) is 5.69 Å². The van der Waals surface area contributed by atoms with Gasteiger partial charge in [0.25, 0.3) is 11.6 Å². The van der Waals surface area contributed by atoms with Gasteiger partial charge in [-0.3, -0.25) is 14.9 Å². The Hall–Kier alpha value is -1.62. The van der Waals surface area contributed by atoms with Crippen molar-refractivity contribution in [1.82, 2.24) is 4.90 Å². The fraction of sp³-hybridized carbons (Fsp3) is 0.417. The lowest BCUT2D eigenvalue weighted by Gasteiger charge is -2.25. The fourth-order valence-corrected chi connectivity index (χ4v) is 1.89. The number of benzene rings is 1. The summed E-state index contributed by atoms with van der Waals surface area (Å²) >= 11 is 5.93. The number of carbonyl (C=O) groups is 1. The molecule has 6 heteroatoms. The summed E-state index contributed by atoms with van der Waals surface area (Å²) in [5.41, 5.74) is 0.0315. The normalized spacial score (nSPS) is 10.5. The number of non-ortho nitro benzene ring substituents is 1. The van der Waals surface area contributed by atoms with Crippen molar-refractivity contribution in [2.24, 2.45) is 0 Å². The van der Waals surface area contributed by atoms with Crippen LogP contribution in [0.1, 0.15) is 31.1 Å². The maximum absolute atomic E-state index is 12.2. The van der Waals surface area contributed by atoms with E-state index in [9.17, 15) is 14.9 Å². The van der Waals surface area contributed by atoms with Crippen molar-refractivity contribution < 1.29 is 9.72 Å². The number of carbonyl (C=O) groups excluding carboxylic acids is 1. The highest BCUT2D eigenvalue weighted by Crippen LogP contribution is 2.24. The molecule has 0 aliphatic rings. The van der Waals surface area contributed by atoms with Gasteiger partial charge < -0.3 is 4.90 Å². The van der Waals surface area contributed by atoms with Gasteiger partial charge in [0, 0.05) is 24.7 Å². The number of halogens is 1. The SMILES string of the molecule is CCN(C(=O)c1cc([N+](=O)[O-])ccc1Cl)C(C)C. The Morgan fingerprint density at radius 1 is 1.50 bits per heavy atom. The smallest absolute Gasteiger partial charge is 0.270 e. The lowest BCUT2D eigenvalue weighted by molar-refractivity contribution is -0.384. The second kappa shape index (κ2) is 5.82. The van der Waals surface area contributed by atoms with Gasteiger partial charge in [0.1, 0.15) is 0 Å². The molecule has 5 nitrogen and oxygen atoms in total. The summed E-state index contributed by atoms with van der Waals surface area (Å²) in [6, 6.07) is 3.89. The van der Waals surface area contributed by atoms with Gasteiger partial charge in [-0.1, -0.05) is 11.6 Å². The van der Waals surface area contributed by atoms with Crippen molar-refractivity contribution in [2.75, 3.05) is 6.54 Å². The van der Waals surface area contributed by atoms with Crippen LogP contribution >= 0.6 is 11.6 Å². The van der Waals surface area contributed by atoms with E-state index in [0.29, 0.717) is 6.54 Å². The molecule has 0 fully saturated rings. The van der Waals surface area contributed by atoms with Crippen molar-refractivity contribution in [2.45, 2.75) is 26.8 Å². The minimum atomic E-state index is -0.543. The molecule has 18 heavy (non-hydrogen) atoms. The second-order valence-electron chi connectivity index (χ2n) is 4.11. The molecule has 0 saturated carbocycles. The van der Waals surface area contributed by atoms with Gasteiger partial charge in [-0.05, 0) is 26.8 Å². The summed E-state index contributed by atoms with van der Waals surface area (Å²) in [7, 11) is 0. The Labute approximate surface area is 110 Å². The maximum Gasteiger partial charge on any atom is 0.270 e. The zero-order valence-corrected chi connectivity index (χ0v) is 11.3. The van der Waals surface area contributed by atoms with Crippen molar-refractivity contribution >= 4 is 23.2 Å². The number of amides is 1. The first kappa shape index (κ1) is 14.4. The van der Waals surface area contributed by atoms with Gasteiger partial charge in [-0.25, -0.2) is 0 Å². The highest BCUT2D eigenvalue weighted by molar-refractivity contribution is 6.33. The molecule has 0 aliphatic carbocycles. The van der Waals surface area contributed by atoms with Crippen molar-refractivity contribution in [1.29, 1.82) is 0 Å². The van der Waals surface area contributed by atoms with E-state index in [1.165, 1.54) is 18.2 Å². The Bertz CT molecular complexity index is 474. The second-order valence-corrected chi connectivity index (χ2v) is 4.51. The molecule has 0 spiro atoms. The van der Waals surface area contributed by atoms with E-state index in [-0.39, 0.29) is 28.2 Å². The van der Waals surface area contributed by atoms with E-state index in [1.807, 2.05) is 20.8 Å². The van der Waals surface area contributed by atoms with Crippen LogP contribution in [0.2, 0.25) is 5.02 Å². The predicted octanol–water partition coefficient (Wildman–Crippen LogP) is 3.12. The first-order valence-electron chi connectivity index (χ1n) is 5.63. The van der Waals surface area contributed by atoms with E-state index < -0.39 is 4.92 Å². The largest absolute Gasteiger partial charge is 0.336 e. The Kier molecular flexibility index (Phi) is 4.67. The molecule has 0 aliphatic heterocycles. The Morgan fingerprint density at radius 2 is 2.11 bits per heavy atom. The van der Waals surface area contributed by atoms with E-state index in [2.05, 4.69) is 0 Å². The summed E-state index contributed by atoms with van der Waals surface area (Å²) < 4.78 is 0. The minimum absolute atomic E-state index is 0.0119. The summed E-state index contributed by atoms with van der Waals surface area (Å²) in [6.45, 7) is 6.14. The lowest BCUT2D eigenvalue weighted by atomic mass is 10.1. The molecule has 98 valence electrons. The number of nitrogens with zero attached hydrogens (tertiary/aromatic N) is 2. The number of hydrogen-bond acceptors (Lipinski definition) is 3. The van der Waals surface area contributed by atoms with Crippen LogP contribution in [0.3, 0.4) is 0 Å². The molecule has 0 unspecified atom stereocenters. The lowest BCUT2D eigenvalue weighted by Crippen LogP contribution is -2.36. The molecule has 1 aromatic rings. The summed E-state index contributed by atoms with van der Waals surface area (Å²) in [4.78, 5) is 24.0. The molecular formula is C12H15ClN2O3. The zero-order valence-electron chi connectivity index (χ0n) is 10.5. The summed E-state index contributed by atoms with van der Waals surface area (Å²) in [5.74, 6) is -0.291. The van der Waals surface area contributed by atoms with E-state index >= 15 is 0 Å². The topological polar surface area (TPSA) is 63.5 Å². The van der Waals surface area contributed by atoms with E-state index in [1.54, 1.807) is 4.90 Å². The van der Waals surface area contributed by atoms with Crippen LogP contribution < -0.4 is 0 Å². The molecule has 0 bridgehead atoms. The first-order chi connectivity index (χ1) is 8.38. The monoisotopic (exact) mass is 270 g/mol. The minimum Gasteiger partial charge on any atom is -0.336 e. The third kappa shape index (κ3) is 2.98. The molecule has 1 rings (SSSR count). The van der Waals surface area contributed by atoms with Crippen LogP contribution in [-0.2, 0) is 0 Å². The van der Waals surface area contributed by atoms with E-state index in [4.69, 9.17) is 11.6 Å². The third-order valence-corrected chi connectivity index (χ3v) is 2.95. The predicted molar refractivity (Wildman–Crippen MR) is 70.0 cm³/mol. The van der Waals surface area contributed by atoms with Crippen molar-refractivity contribution in [3.8, 4) is 0 Å². The Morgan fingerprint density at radius 3 is 2.56 bits per heavy atom. The van der Waals surface area contributed by atoms with Crippen LogP contribution in [0.25, 0.3) is 0 Å². The molecule has 0 atom stereocenters. The fourth-order valence-electron chi connectivity index (χ4n) is 1.69. The number of nitro benzene ring substituents is 1. The standard InChI is InChI=1S/C12H15ClN2O3/c1-4-14(8(2)3)12(16)10-7-9(15(17)18)5-6-11(10)13/h5-8H,4H2,1-3H3.